The molecule has 0 atom stereocenters. The monoisotopic (exact) mass is 239 g/mol. The molecular formula is C12H17NO2S. The molecule has 0 aliphatic heterocycles. The molecule has 1 fully saturated rings. The first-order chi connectivity index (χ1) is 7.55. The maximum atomic E-state index is 11.2. The summed E-state index contributed by atoms with van der Waals surface area (Å²) in [5.74, 6) is 0.871. The van der Waals surface area contributed by atoms with Crippen LogP contribution in [0, 0.1) is 5.92 Å². The summed E-state index contributed by atoms with van der Waals surface area (Å²) in [6, 6.07) is 7.08. The zero-order valence-corrected chi connectivity index (χ0v) is 10.3. The minimum Gasteiger partial charge on any atom is -0.312 e. The topological polar surface area (TPSA) is 46.2 Å². The summed E-state index contributed by atoms with van der Waals surface area (Å²) in [6.45, 7) is 1.90. The Morgan fingerprint density at radius 2 is 1.88 bits per heavy atom. The van der Waals surface area contributed by atoms with Gasteiger partial charge in [0.15, 0.2) is 9.84 Å². The molecule has 1 aliphatic carbocycles. The minimum absolute atomic E-state index is 0.387. The predicted molar refractivity (Wildman–Crippen MR) is 64.0 cm³/mol. The molecule has 1 aliphatic rings. The van der Waals surface area contributed by atoms with Crippen LogP contribution in [0.25, 0.3) is 0 Å². The van der Waals surface area contributed by atoms with Gasteiger partial charge in [-0.25, -0.2) is 8.42 Å². The summed E-state index contributed by atoms with van der Waals surface area (Å²) in [5.41, 5.74) is 1.13. The van der Waals surface area contributed by atoms with E-state index in [1.165, 1.54) is 19.1 Å². The van der Waals surface area contributed by atoms with Crippen molar-refractivity contribution in [3.63, 3.8) is 0 Å². The molecule has 0 bridgehead atoms. The predicted octanol–water partition coefficient (Wildman–Crippen LogP) is 1.59. The number of hydrogen-bond acceptors (Lipinski definition) is 3. The van der Waals surface area contributed by atoms with Crippen molar-refractivity contribution in [1.82, 2.24) is 5.32 Å². The van der Waals surface area contributed by atoms with Gasteiger partial charge < -0.3 is 5.32 Å². The minimum atomic E-state index is -3.06. The van der Waals surface area contributed by atoms with E-state index in [1.807, 2.05) is 12.1 Å². The highest BCUT2D eigenvalue weighted by atomic mass is 32.2. The number of hydrogen-bond donors (Lipinski definition) is 1. The second-order valence-electron chi connectivity index (χ2n) is 4.49. The Balaban J connectivity index is 1.90. The Morgan fingerprint density at radius 1 is 1.25 bits per heavy atom. The van der Waals surface area contributed by atoms with Crippen molar-refractivity contribution in [2.45, 2.75) is 24.3 Å². The molecule has 1 N–H and O–H groups in total. The van der Waals surface area contributed by atoms with E-state index >= 15 is 0 Å². The maximum absolute atomic E-state index is 11.2. The SMILES string of the molecule is CS(=O)(=O)c1ccc(CNCC2CC2)cc1. The van der Waals surface area contributed by atoms with Crippen molar-refractivity contribution in [3.8, 4) is 0 Å². The van der Waals surface area contributed by atoms with Crippen LogP contribution >= 0.6 is 0 Å². The third kappa shape index (κ3) is 3.32. The standard InChI is InChI=1S/C12H17NO2S/c1-16(14,15)12-6-4-11(5-7-12)9-13-8-10-2-3-10/h4-7,10,13H,2-3,8-9H2,1H3. The zero-order valence-electron chi connectivity index (χ0n) is 9.44. The van der Waals surface area contributed by atoms with Crippen LogP contribution in [0.3, 0.4) is 0 Å². The van der Waals surface area contributed by atoms with E-state index in [-0.39, 0.29) is 0 Å². The normalized spacial score (nSPS) is 16.3. The van der Waals surface area contributed by atoms with Gasteiger partial charge in [-0.1, -0.05) is 12.1 Å². The summed E-state index contributed by atoms with van der Waals surface area (Å²) >= 11 is 0. The second-order valence-corrected chi connectivity index (χ2v) is 6.51. The van der Waals surface area contributed by atoms with Crippen LogP contribution in [-0.2, 0) is 16.4 Å². The van der Waals surface area contributed by atoms with Gasteiger partial charge in [-0.2, -0.15) is 0 Å². The Hall–Kier alpha value is -0.870. The molecule has 2 rings (SSSR count). The van der Waals surface area contributed by atoms with Crippen molar-refractivity contribution >= 4 is 9.84 Å². The molecule has 0 aromatic heterocycles. The van der Waals surface area contributed by atoms with Gasteiger partial charge >= 0.3 is 0 Å². The Kier molecular flexibility index (Phi) is 3.30. The van der Waals surface area contributed by atoms with Gasteiger partial charge in [0.25, 0.3) is 0 Å². The Bertz CT molecular complexity index is 446. The van der Waals surface area contributed by atoms with Crippen LogP contribution in [0.5, 0.6) is 0 Å². The summed E-state index contributed by atoms with van der Waals surface area (Å²) in [7, 11) is -3.06. The van der Waals surface area contributed by atoms with Gasteiger partial charge in [0, 0.05) is 12.8 Å². The van der Waals surface area contributed by atoms with E-state index < -0.39 is 9.84 Å². The van der Waals surface area contributed by atoms with E-state index in [1.54, 1.807) is 12.1 Å². The first-order valence-electron chi connectivity index (χ1n) is 5.55. The first kappa shape index (κ1) is 11.6. The van der Waals surface area contributed by atoms with Crippen LogP contribution in [0.4, 0.5) is 0 Å². The Labute approximate surface area is 96.8 Å². The molecule has 0 spiro atoms. The molecule has 0 unspecified atom stereocenters. The average molecular weight is 239 g/mol. The fourth-order valence-electron chi connectivity index (χ4n) is 1.60. The van der Waals surface area contributed by atoms with Crippen molar-refractivity contribution in [3.05, 3.63) is 29.8 Å². The van der Waals surface area contributed by atoms with Crippen LogP contribution in [-0.4, -0.2) is 21.2 Å². The van der Waals surface area contributed by atoms with Crippen molar-refractivity contribution in [1.29, 1.82) is 0 Å². The molecule has 16 heavy (non-hydrogen) atoms. The highest BCUT2D eigenvalue weighted by Gasteiger charge is 2.20. The van der Waals surface area contributed by atoms with Gasteiger partial charge in [0.2, 0.25) is 0 Å². The molecule has 1 aromatic rings. The first-order valence-corrected chi connectivity index (χ1v) is 7.44. The van der Waals surface area contributed by atoms with Crippen molar-refractivity contribution in [2.24, 2.45) is 5.92 Å². The molecule has 0 saturated heterocycles. The lowest BCUT2D eigenvalue weighted by atomic mass is 10.2. The highest BCUT2D eigenvalue weighted by Crippen LogP contribution is 2.27. The third-order valence-electron chi connectivity index (χ3n) is 2.81. The van der Waals surface area contributed by atoms with Crippen LogP contribution < -0.4 is 5.32 Å². The van der Waals surface area contributed by atoms with E-state index in [2.05, 4.69) is 5.32 Å². The quantitative estimate of drug-likeness (QED) is 0.848. The summed E-state index contributed by atoms with van der Waals surface area (Å²) in [4.78, 5) is 0.387. The summed E-state index contributed by atoms with van der Waals surface area (Å²) in [6.07, 6.45) is 3.92. The second kappa shape index (κ2) is 4.55. The molecular weight excluding hydrogens is 222 g/mol. The van der Waals surface area contributed by atoms with Gasteiger partial charge in [0.05, 0.1) is 4.90 Å². The average Bonchev–Trinajstić information content (AvgIpc) is 3.01. The Morgan fingerprint density at radius 3 is 2.38 bits per heavy atom. The lowest BCUT2D eigenvalue weighted by Gasteiger charge is -2.04. The van der Waals surface area contributed by atoms with E-state index in [9.17, 15) is 8.42 Å². The van der Waals surface area contributed by atoms with Crippen LogP contribution in [0.15, 0.2) is 29.2 Å². The van der Waals surface area contributed by atoms with Crippen LogP contribution in [0.2, 0.25) is 0 Å². The van der Waals surface area contributed by atoms with Crippen molar-refractivity contribution < 1.29 is 8.42 Å². The van der Waals surface area contributed by atoms with E-state index in [0.29, 0.717) is 4.90 Å². The fraction of sp³-hybridized carbons (Fsp3) is 0.500. The smallest absolute Gasteiger partial charge is 0.175 e. The number of rotatable bonds is 5. The lowest BCUT2D eigenvalue weighted by molar-refractivity contribution is 0.601. The van der Waals surface area contributed by atoms with Gasteiger partial charge in [-0.3, -0.25) is 0 Å². The van der Waals surface area contributed by atoms with Gasteiger partial charge in [-0.05, 0) is 43.0 Å². The summed E-state index contributed by atoms with van der Waals surface area (Å²) < 4.78 is 22.5. The lowest BCUT2D eigenvalue weighted by Crippen LogP contribution is -2.16. The summed E-state index contributed by atoms with van der Waals surface area (Å²) in [5, 5.41) is 3.37. The van der Waals surface area contributed by atoms with E-state index in [0.717, 1.165) is 24.6 Å². The van der Waals surface area contributed by atoms with Crippen molar-refractivity contribution in [2.75, 3.05) is 12.8 Å². The van der Waals surface area contributed by atoms with Gasteiger partial charge in [-0.15, -0.1) is 0 Å². The van der Waals surface area contributed by atoms with Gasteiger partial charge in [0.1, 0.15) is 0 Å². The molecule has 0 amide bonds. The molecule has 0 heterocycles. The molecule has 88 valence electrons. The van der Waals surface area contributed by atoms with Crippen LogP contribution in [0.1, 0.15) is 18.4 Å². The molecule has 1 aromatic carbocycles. The maximum Gasteiger partial charge on any atom is 0.175 e. The molecule has 0 radical (unpaired) electrons. The largest absolute Gasteiger partial charge is 0.312 e. The number of nitrogens with one attached hydrogen (secondary N) is 1. The molecule has 3 nitrogen and oxygen atoms in total. The third-order valence-corrected chi connectivity index (χ3v) is 3.94. The number of sulfone groups is 1. The van der Waals surface area contributed by atoms with E-state index in [4.69, 9.17) is 0 Å². The zero-order chi connectivity index (χ0) is 11.6. The highest BCUT2D eigenvalue weighted by molar-refractivity contribution is 7.90. The fourth-order valence-corrected chi connectivity index (χ4v) is 2.23. The molecule has 4 heteroatoms. The molecule has 1 saturated carbocycles. The number of benzene rings is 1.